The molecule has 6 heteroatoms. The molecule has 112 valence electrons. The van der Waals surface area contributed by atoms with Crippen molar-refractivity contribution in [2.45, 2.75) is 6.92 Å². The molecule has 4 N–H and O–H groups in total. The average Bonchev–Trinajstić information content (AvgIpc) is 2.47. The Balaban J connectivity index is 2.36. The van der Waals surface area contributed by atoms with Crippen LogP contribution < -0.4 is 5.43 Å². The first-order chi connectivity index (χ1) is 10.4. The third-order valence-electron chi connectivity index (χ3n) is 3.49. The number of aryl methyl sites for hydroxylation is 1. The first kappa shape index (κ1) is 13.8. The Morgan fingerprint density at radius 1 is 0.955 bits per heavy atom. The predicted molar refractivity (Wildman–Crippen MR) is 79.3 cm³/mol. The molecule has 1 aromatic heterocycles. The van der Waals surface area contributed by atoms with E-state index < -0.39 is 22.7 Å². The minimum absolute atomic E-state index is 0.0966. The number of benzene rings is 2. The minimum atomic E-state index is -0.613. The Morgan fingerprint density at radius 3 is 2.36 bits per heavy atom. The summed E-state index contributed by atoms with van der Waals surface area (Å²) >= 11 is 0. The lowest BCUT2D eigenvalue weighted by Gasteiger charge is -2.08. The zero-order valence-electron chi connectivity index (χ0n) is 11.5. The van der Waals surface area contributed by atoms with Gasteiger partial charge in [-0.15, -0.1) is 0 Å². The van der Waals surface area contributed by atoms with Crippen molar-refractivity contribution in [3.63, 3.8) is 0 Å². The molecular weight excluding hydrogens is 288 g/mol. The Labute approximate surface area is 124 Å². The van der Waals surface area contributed by atoms with Crippen molar-refractivity contribution in [1.29, 1.82) is 0 Å². The molecule has 6 nitrogen and oxygen atoms in total. The van der Waals surface area contributed by atoms with Crippen LogP contribution in [0.3, 0.4) is 0 Å². The van der Waals surface area contributed by atoms with Gasteiger partial charge in [-0.05, 0) is 30.2 Å². The minimum Gasteiger partial charge on any atom is -0.508 e. The van der Waals surface area contributed by atoms with Crippen LogP contribution in [0.2, 0.25) is 0 Å². The van der Waals surface area contributed by atoms with E-state index in [1.807, 2.05) is 0 Å². The normalized spacial score (nSPS) is 11.0. The van der Waals surface area contributed by atoms with E-state index in [-0.39, 0.29) is 22.3 Å². The molecule has 22 heavy (non-hydrogen) atoms. The van der Waals surface area contributed by atoms with Crippen molar-refractivity contribution in [3.8, 4) is 34.1 Å². The fourth-order valence-electron chi connectivity index (χ4n) is 2.28. The van der Waals surface area contributed by atoms with Crippen molar-refractivity contribution >= 4 is 11.0 Å². The summed E-state index contributed by atoms with van der Waals surface area (Å²) < 4.78 is 5.21. The molecule has 0 amide bonds. The van der Waals surface area contributed by atoms with Gasteiger partial charge in [0.1, 0.15) is 23.1 Å². The van der Waals surface area contributed by atoms with Gasteiger partial charge in [-0.25, -0.2) is 0 Å². The summed E-state index contributed by atoms with van der Waals surface area (Å²) in [5, 5.41) is 38.3. The first-order valence-electron chi connectivity index (χ1n) is 6.39. The maximum atomic E-state index is 12.5. The molecule has 3 aromatic rings. The Hall–Kier alpha value is -3.15. The van der Waals surface area contributed by atoms with Gasteiger partial charge in [0.2, 0.25) is 11.2 Å². The van der Waals surface area contributed by atoms with Gasteiger partial charge in [0.15, 0.2) is 11.3 Å². The van der Waals surface area contributed by atoms with Crippen LogP contribution in [0.1, 0.15) is 5.56 Å². The standard InChI is InChI=1S/C16H12O6/c1-7-4-8(2-3-10(7)17)9-6-22-16-13(14(9)20)11(18)5-12(19)15(16)21/h2-6,17-19,21H,1H3. The van der Waals surface area contributed by atoms with Gasteiger partial charge in [-0.1, -0.05) is 6.07 Å². The molecule has 1 heterocycles. The fraction of sp³-hybridized carbons (Fsp3) is 0.0625. The van der Waals surface area contributed by atoms with E-state index in [0.717, 1.165) is 12.3 Å². The summed E-state index contributed by atoms with van der Waals surface area (Å²) in [6, 6.07) is 5.46. The van der Waals surface area contributed by atoms with Crippen LogP contribution in [0.5, 0.6) is 23.0 Å². The lowest BCUT2D eigenvalue weighted by molar-refractivity contribution is 0.393. The monoisotopic (exact) mass is 300 g/mol. The van der Waals surface area contributed by atoms with E-state index in [9.17, 15) is 25.2 Å². The Bertz CT molecular complexity index is 955. The quantitative estimate of drug-likeness (QED) is 0.406. The highest BCUT2D eigenvalue weighted by Crippen LogP contribution is 2.38. The van der Waals surface area contributed by atoms with Crippen molar-refractivity contribution in [2.75, 3.05) is 0 Å². The largest absolute Gasteiger partial charge is 0.508 e. The molecule has 0 fully saturated rings. The number of hydrogen-bond acceptors (Lipinski definition) is 6. The molecule has 0 spiro atoms. The number of hydrogen-bond donors (Lipinski definition) is 4. The van der Waals surface area contributed by atoms with E-state index >= 15 is 0 Å². The summed E-state index contributed by atoms with van der Waals surface area (Å²) in [5.41, 5.74) is 0.393. The molecular formula is C16H12O6. The van der Waals surface area contributed by atoms with Crippen molar-refractivity contribution in [2.24, 2.45) is 0 Å². The first-order valence-corrected chi connectivity index (χ1v) is 6.39. The van der Waals surface area contributed by atoms with Gasteiger partial charge >= 0.3 is 0 Å². The lowest BCUT2D eigenvalue weighted by Crippen LogP contribution is -2.05. The number of rotatable bonds is 1. The Morgan fingerprint density at radius 2 is 1.68 bits per heavy atom. The molecule has 0 aliphatic carbocycles. The average molecular weight is 300 g/mol. The number of fused-ring (bicyclic) bond motifs is 1. The highest BCUT2D eigenvalue weighted by molar-refractivity contribution is 5.92. The third kappa shape index (κ3) is 1.93. The molecule has 0 saturated heterocycles. The van der Waals surface area contributed by atoms with E-state index in [0.29, 0.717) is 11.1 Å². The second-order valence-electron chi connectivity index (χ2n) is 4.95. The van der Waals surface area contributed by atoms with Crippen molar-refractivity contribution in [3.05, 3.63) is 46.3 Å². The van der Waals surface area contributed by atoms with Gasteiger partial charge in [0.25, 0.3) is 0 Å². The molecule has 2 aromatic carbocycles. The van der Waals surface area contributed by atoms with Crippen LogP contribution in [0.25, 0.3) is 22.1 Å². The van der Waals surface area contributed by atoms with Crippen LogP contribution in [-0.2, 0) is 0 Å². The van der Waals surface area contributed by atoms with Crippen LogP contribution in [0.4, 0.5) is 0 Å². The fourth-order valence-corrected chi connectivity index (χ4v) is 2.28. The Kier molecular flexibility index (Phi) is 2.95. The summed E-state index contributed by atoms with van der Waals surface area (Å²) in [4.78, 5) is 12.5. The molecule has 0 saturated carbocycles. The van der Waals surface area contributed by atoms with Crippen molar-refractivity contribution in [1.82, 2.24) is 0 Å². The number of aromatic hydroxyl groups is 4. The zero-order chi connectivity index (χ0) is 16.0. The summed E-state index contributed by atoms with van der Waals surface area (Å²) in [6.45, 7) is 1.68. The molecule has 0 bridgehead atoms. The molecule has 0 atom stereocenters. The van der Waals surface area contributed by atoms with E-state index in [1.165, 1.54) is 12.1 Å². The van der Waals surface area contributed by atoms with Gasteiger partial charge in [-0.2, -0.15) is 0 Å². The third-order valence-corrected chi connectivity index (χ3v) is 3.49. The smallest absolute Gasteiger partial charge is 0.204 e. The second kappa shape index (κ2) is 4.70. The molecule has 3 rings (SSSR count). The molecule has 0 radical (unpaired) electrons. The van der Waals surface area contributed by atoms with E-state index in [2.05, 4.69) is 0 Å². The predicted octanol–water partition coefficient (Wildman–Crippen LogP) is 2.59. The molecule has 0 aliphatic rings. The van der Waals surface area contributed by atoms with E-state index in [4.69, 9.17) is 4.42 Å². The number of phenols is 4. The summed E-state index contributed by atoms with van der Waals surface area (Å²) in [5.74, 6) is -1.59. The summed E-state index contributed by atoms with van der Waals surface area (Å²) in [6.07, 6.45) is 1.13. The lowest BCUT2D eigenvalue weighted by atomic mass is 10.0. The maximum absolute atomic E-state index is 12.5. The molecule has 0 unspecified atom stereocenters. The van der Waals surface area contributed by atoms with Gasteiger partial charge in [0.05, 0.1) is 5.56 Å². The van der Waals surface area contributed by atoms with Gasteiger partial charge in [0, 0.05) is 6.07 Å². The van der Waals surface area contributed by atoms with Gasteiger partial charge < -0.3 is 24.8 Å². The highest BCUT2D eigenvalue weighted by atomic mass is 16.4. The maximum Gasteiger partial charge on any atom is 0.204 e. The van der Waals surface area contributed by atoms with E-state index in [1.54, 1.807) is 13.0 Å². The highest BCUT2D eigenvalue weighted by Gasteiger charge is 2.18. The van der Waals surface area contributed by atoms with Crippen molar-refractivity contribution < 1.29 is 24.8 Å². The molecule has 0 aliphatic heterocycles. The zero-order valence-corrected chi connectivity index (χ0v) is 11.5. The van der Waals surface area contributed by atoms with Crippen LogP contribution in [0.15, 0.2) is 39.7 Å². The van der Waals surface area contributed by atoms with Crippen LogP contribution in [-0.4, -0.2) is 20.4 Å². The van der Waals surface area contributed by atoms with Gasteiger partial charge in [-0.3, -0.25) is 4.79 Å². The SMILES string of the molecule is Cc1cc(-c2coc3c(O)c(O)cc(O)c3c2=O)ccc1O. The van der Waals surface area contributed by atoms with Crippen LogP contribution in [0, 0.1) is 6.92 Å². The summed E-state index contributed by atoms with van der Waals surface area (Å²) in [7, 11) is 0. The topological polar surface area (TPSA) is 111 Å². The van der Waals surface area contributed by atoms with Crippen LogP contribution >= 0.6 is 0 Å². The second-order valence-corrected chi connectivity index (χ2v) is 4.95. The number of phenolic OH excluding ortho intramolecular Hbond substituents is 4.